The van der Waals surface area contributed by atoms with E-state index in [4.69, 9.17) is 9.47 Å². The van der Waals surface area contributed by atoms with Crippen molar-refractivity contribution in [2.24, 2.45) is 23.7 Å². The fourth-order valence-electron chi connectivity index (χ4n) is 3.94. The summed E-state index contributed by atoms with van der Waals surface area (Å²) in [5.74, 6) is 2.27. The summed E-state index contributed by atoms with van der Waals surface area (Å²) in [5, 5.41) is 0. The third-order valence-corrected chi connectivity index (χ3v) is 4.91. The van der Waals surface area contributed by atoms with E-state index in [1.165, 1.54) is 0 Å². The van der Waals surface area contributed by atoms with Gasteiger partial charge in [-0.25, -0.2) is 4.98 Å². The molecule has 0 unspecified atom stereocenters. The third-order valence-electron chi connectivity index (χ3n) is 4.91. The maximum Gasteiger partial charge on any atom is 0.213 e. The first-order valence-corrected chi connectivity index (χ1v) is 6.43. The van der Waals surface area contributed by atoms with E-state index >= 15 is 0 Å². The highest BCUT2D eigenvalue weighted by atomic mass is 16.5. The third kappa shape index (κ3) is 1.05. The minimum atomic E-state index is -0.000926. The number of pyridine rings is 1. The quantitative estimate of drug-likeness (QED) is 0.757. The summed E-state index contributed by atoms with van der Waals surface area (Å²) in [6.07, 6.45) is -0.000926. The Labute approximate surface area is 105 Å². The highest BCUT2D eigenvalue weighted by Gasteiger charge is 2.62. The number of ketones is 1. The molecular formula is C14H15NO3. The number of carbonyl (C=O) groups is 1. The lowest BCUT2D eigenvalue weighted by atomic mass is 9.52. The molecule has 0 amide bonds. The van der Waals surface area contributed by atoms with E-state index in [2.05, 4.69) is 11.9 Å². The van der Waals surface area contributed by atoms with Crippen molar-refractivity contribution in [1.29, 1.82) is 0 Å². The van der Waals surface area contributed by atoms with E-state index in [1.54, 1.807) is 13.2 Å². The van der Waals surface area contributed by atoms with Gasteiger partial charge in [0.25, 0.3) is 0 Å². The van der Waals surface area contributed by atoms with Gasteiger partial charge < -0.3 is 9.47 Å². The number of hydrogen-bond acceptors (Lipinski definition) is 4. The number of methoxy groups -OCH3 is 1. The smallest absolute Gasteiger partial charge is 0.213 e. The first kappa shape index (κ1) is 10.5. The van der Waals surface area contributed by atoms with Crippen LogP contribution in [0.2, 0.25) is 0 Å². The number of nitrogens with zero attached hydrogens (tertiary/aromatic N) is 1. The van der Waals surface area contributed by atoms with Crippen LogP contribution >= 0.6 is 0 Å². The first-order chi connectivity index (χ1) is 8.72. The standard InChI is InChI=1S/C14H15NO3/c1-6-8-5-18-14-11(8)10(6)13(16)7-3-4-9(17-2)15-12(7)14/h3-4,6,8,10-11,14H,5H2,1-2H3/t6-,8-,10+,11-,14-/m1/s1. The van der Waals surface area contributed by atoms with Crippen molar-refractivity contribution in [3.05, 3.63) is 23.4 Å². The number of carbonyl (C=O) groups excluding carboxylic acids is 1. The van der Waals surface area contributed by atoms with Crippen LogP contribution in [-0.2, 0) is 4.74 Å². The lowest BCUT2D eigenvalue weighted by Gasteiger charge is -2.49. The minimum absolute atomic E-state index is 0.000926. The summed E-state index contributed by atoms with van der Waals surface area (Å²) in [6.45, 7) is 2.93. The second kappa shape index (κ2) is 3.32. The Morgan fingerprint density at radius 1 is 1.44 bits per heavy atom. The predicted molar refractivity (Wildman–Crippen MR) is 63.4 cm³/mol. The molecule has 5 atom stereocenters. The van der Waals surface area contributed by atoms with Gasteiger partial charge in [-0.1, -0.05) is 6.92 Å². The summed E-state index contributed by atoms with van der Waals surface area (Å²) in [6, 6.07) is 3.59. The summed E-state index contributed by atoms with van der Waals surface area (Å²) in [5.41, 5.74) is 1.52. The van der Waals surface area contributed by atoms with Crippen LogP contribution in [0.15, 0.2) is 12.1 Å². The average Bonchev–Trinajstić information content (AvgIpc) is 2.79. The van der Waals surface area contributed by atoms with Gasteiger partial charge in [0.05, 0.1) is 19.4 Å². The molecule has 3 aliphatic rings. The largest absolute Gasteiger partial charge is 0.481 e. The van der Waals surface area contributed by atoms with E-state index in [9.17, 15) is 4.79 Å². The highest BCUT2D eigenvalue weighted by Crippen LogP contribution is 2.61. The average molecular weight is 245 g/mol. The van der Waals surface area contributed by atoms with Crippen LogP contribution in [0.3, 0.4) is 0 Å². The molecule has 4 rings (SSSR count). The number of hydrogen-bond donors (Lipinski definition) is 0. The molecule has 4 nitrogen and oxygen atoms in total. The second-order valence-corrected chi connectivity index (χ2v) is 5.53. The van der Waals surface area contributed by atoms with Crippen LogP contribution in [0.1, 0.15) is 29.1 Å². The van der Waals surface area contributed by atoms with E-state index in [0.29, 0.717) is 23.6 Å². The molecule has 1 saturated carbocycles. The fourth-order valence-corrected chi connectivity index (χ4v) is 3.94. The Hall–Kier alpha value is -1.42. The molecule has 0 N–H and O–H groups in total. The number of fused-ring (bicyclic) bond motifs is 2. The molecule has 94 valence electrons. The van der Waals surface area contributed by atoms with Gasteiger partial charge in [0, 0.05) is 23.5 Å². The molecule has 2 aliphatic carbocycles. The molecule has 0 spiro atoms. The summed E-state index contributed by atoms with van der Waals surface area (Å²) in [7, 11) is 1.59. The maximum absolute atomic E-state index is 12.5. The molecule has 2 fully saturated rings. The van der Waals surface area contributed by atoms with Gasteiger partial charge in [-0.05, 0) is 17.9 Å². The zero-order valence-corrected chi connectivity index (χ0v) is 10.4. The molecule has 2 heterocycles. The molecule has 0 bridgehead atoms. The number of aromatic nitrogens is 1. The van der Waals surface area contributed by atoms with Gasteiger partial charge in [0.15, 0.2) is 5.78 Å². The van der Waals surface area contributed by atoms with Crippen LogP contribution in [-0.4, -0.2) is 24.5 Å². The van der Waals surface area contributed by atoms with Crippen molar-refractivity contribution in [3.8, 4) is 5.88 Å². The van der Waals surface area contributed by atoms with E-state index in [0.717, 1.165) is 17.9 Å². The molecule has 1 saturated heterocycles. The number of rotatable bonds is 1. The van der Waals surface area contributed by atoms with Crippen molar-refractivity contribution in [3.63, 3.8) is 0 Å². The number of ether oxygens (including phenoxy) is 2. The molecule has 18 heavy (non-hydrogen) atoms. The second-order valence-electron chi connectivity index (χ2n) is 5.53. The molecule has 1 aromatic rings. The van der Waals surface area contributed by atoms with Crippen molar-refractivity contribution < 1.29 is 14.3 Å². The van der Waals surface area contributed by atoms with Crippen molar-refractivity contribution in [1.82, 2.24) is 4.98 Å². The minimum Gasteiger partial charge on any atom is -0.481 e. The van der Waals surface area contributed by atoms with Gasteiger partial charge in [0.2, 0.25) is 5.88 Å². The van der Waals surface area contributed by atoms with Gasteiger partial charge in [-0.3, -0.25) is 4.79 Å². The van der Waals surface area contributed by atoms with Gasteiger partial charge in [-0.2, -0.15) is 0 Å². The van der Waals surface area contributed by atoms with Crippen LogP contribution in [0, 0.1) is 23.7 Å². The fraction of sp³-hybridized carbons (Fsp3) is 0.571. The molecular weight excluding hydrogens is 230 g/mol. The molecule has 1 aliphatic heterocycles. The maximum atomic E-state index is 12.5. The topological polar surface area (TPSA) is 48.4 Å². The predicted octanol–water partition coefficient (Wildman–Crippen LogP) is 1.86. The Balaban J connectivity index is 1.87. The molecule has 1 aromatic heterocycles. The summed E-state index contributed by atoms with van der Waals surface area (Å²) in [4.78, 5) is 16.9. The Morgan fingerprint density at radius 3 is 3.06 bits per heavy atom. The monoisotopic (exact) mass is 245 g/mol. The van der Waals surface area contributed by atoms with Crippen LogP contribution < -0.4 is 4.74 Å². The van der Waals surface area contributed by atoms with Crippen molar-refractivity contribution >= 4 is 5.78 Å². The molecule has 4 heteroatoms. The van der Waals surface area contributed by atoms with Crippen LogP contribution in [0.4, 0.5) is 0 Å². The van der Waals surface area contributed by atoms with Crippen molar-refractivity contribution in [2.75, 3.05) is 13.7 Å². The Bertz CT molecular complexity index is 542. The first-order valence-electron chi connectivity index (χ1n) is 6.43. The van der Waals surface area contributed by atoms with Crippen LogP contribution in [0.25, 0.3) is 0 Å². The summed E-state index contributed by atoms with van der Waals surface area (Å²) >= 11 is 0. The van der Waals surface area contributed by atoms with Gasteiger partial charge in [-0.15, -0.1) is 0 Å². The van der Waals surface area contributed by atoms with Gasteiger partial charge in [0.1, 0.15) is 6.10 Å². The van der Waals surface area contributed by atoms with Crippen LogP contribution in [0.5, 0.6) is 5.88 Å². The normalized spacial score (nSPS) is 39.9. The lowest BCUT2D eigenvalue weighted by Crippen LogP contribution is -2.52. The zero-order valence-electron chi connectivity index (χ0n) is 10.4. The molecule has 0 radical (unpaired) electrons. The van der Waals surface area contributed by atoms with E-state index in [1.807, 2.05) is 6.07 Å². The number of Topliss-reactive ketones (excluding diaryl/α,β-unsaturated/α-hetero) is 1. The Kier molecular flexibility index (Phi) is 1.94. The molecule has 0 aromatic carbocycles. The Morgan fingerprint density at radius 2 is 2.28 bits per heavy atom. The van der Waals surface area contributed by atoms with E-state index < -0.39 is 0 Å². The van der Waals surface area contributed by atoms with Crippen molar-refractivity contribution in [2.45, 2.75) is 13.0 Å². The van der Waals surface area contributed by atoms with E-state index in [-0.39, 0.29) is 17.8 Å². The summed E-state index contributed by atoms with van der Waals surface area (Å²) < 4.78 is 11.0. The highest BCUT2D eigenvalue weighted by molar-refractivity contribution is 6.01. The van der Waals surface area contributed by atoms with Gasteiger partial charge >= 0.3 is 0 Å². The zero-order chi connectivity index (χ0) is 12.4. The SMILES string of the molecule is COc1ccc2c(n1)[C@@H]1OC[C@@H]3[C@@H](C)[C@H](C2=O)[C@@H]31. The lowest BCUT2D eigenvalue weighted by molar-refractivity contribution is -0.000212.